The summed E-state index contributed by atoms with van der Waals surface area (Å²) in [6, 6.07) is 17.3. The zero-order valence-corrected chi connectivity index (χ0v) is 15.6. The van der Waals surface area contributed by atoms with Crippen molar-refractivity contribution in [3.05, 3.63) is 71.4 Å². The van der Waals surface area contributed by atoms with Gasteiger partial charge in [0, 0.05) is 22.3 Å². The number of para-hydroxylation sites is 1. The molecule has 27 heavy (non-hydrogen) atoms. The molecule has 0 saturated carbocycles. The molecule has 1 N–H and O–H groups in total. The number of benzene rings is 2. The van der Waals surface area contributed by atoms with Gasteiger partial charge in [-0.3, -0.25) is 4.79 Å². The standard InChI is InChI=1S/C19H14ClN5OS/c20-15-8-6-13(7-9-15)18-14(10-21-23-19-22-17(26)12-27-19)11-25(24-18)16-4-2-1-3-5-16/h1-11H,12H2,(H,22,23,26)/b21-10-. The molecule has 0 radical (unpaired) electrons. The highest BCUT2D eigenvalue weighted by Gasteiger charge is 2.16. The van der Waals surface area contributed by atoms with Crippen LogP contribution >= 0.6 is 23.4 Å². The lowest BCUT2D eigenvalue weighted by molar-refractivity contribution is -0.116. The number of rotatable bonds is 4. The van der Waals surface area contributed by atoms with Gasteiger partial charge in [0.15, 0.2) is 5.17 Å². The third-order valence-corrected chi connectivity index (χ3v) is 4.93. The van der Waals surface area contributed by atoms with Gasteiger partial charge >= 0.3 is 0 Å². The van der Waals surface area contributed by atoms with Gasteiger partial charge in [0.25, 0.3) is 0 Å². The second-order valence-corrected chi connectivity index (χ2v) is 7.11. The fourth-order valence-corrected chi connectivity index (χ4v) is 3.31. The molecule has 0 atom stereocenters. The Morgan fingerprint density at radius 2 is 1.93 bits per heavy atom. The van der Waals surface area contributed by atoms with Gasteiger partial charge in [0.2, 0.25) is 5.91 Å². The van der Waals surface area contributed by atoms with Crippen molar-refractivity contribution < 1.29 is 4.79 Å². The second kappa shape index (κ2) is 7.77. The highest BCUT2D eigenvalue weighted by atomic mass is 35.5. The fourth-order valence-electron chi connectivity index (χ4n) is 2.55. The van der Waals surface area contributed by atoms with Gasteiger partial charge < -0.3 is 5.32 Å². The Labute approximate surface area is 165 Å². The summed E-state index contributed by atoms with van der Waals surface area (Å²) in [5.41, 5.74) is 3.44. The first-order valence-corrected chi connectivity index (χ1v) is 9.50. The number of carbonyl (C=O) groups is 1. The lowest BCUT2D eigenvalue weighted by Crippen LogP contribution is -2.19. The molecular formula is C19H14ClN5OS. The zero-order valence-electron chi connectivity index (χ0n) is 14.0. The molecule has 2 heterocycles. The van der Waals surface area contributed by atoms with Crippen molar-refractivity contribution in [1.82, 2.24) is 15.1 Å². The third kappa shape index (κ3) is 4.10. The van der Waals surface area contributed by atoms with Gasteiger partial charge in [-0.05, 0) is 24.3 Å². The number of hydrogen-bond acceptors (Lipinski definition) is 5. The zero-order chi connectivity index (χ0) is 18.6. The molecule has 1 aromatic heterocycles. The number of carbonyl (C=O) groups excluding carboxylic acids is 1. The van der Waals surface area contributed by atoms with E-state index in [2.05, 4.69) is 15.5 Å². The van der Waals surface area contributed by atoms with E-state index in [0.29, 0.717) is 15.9 Å². The first-order valence-electron chi connectivity index (χ1n) is 8.14. The number of amides is 1. The maximum absolute atomic E-state index is 11.2. The van der Waals surface area contributed by atoms with Gasteiger partial charge in [-0.2, -0.15) is 10.2 Å². The molecule has 1 aliphatic heterocycles. The summed E-state index contributed by atoms with van der Waals surface area (Å²) >= 11 is 7.33. The van der Waals surface area contributed by atoms with Crippen LogP contribution < -0.4 is 5.32 Å². The molecule has 3 aromatic rings. The Balaban J connectivity index is 1.71. The van der Waals surface area contributed by atoms with Crippen LogP contribution in [0.3, 0.4) is 0 Å². The molecule has 0 bridgehead atoms. The third-order valence-electron chi connectivity index (χ3n) is 3.81. The Kier molecular flexibility index (Phi) is 5.04. The van der Waals surface area contributed by atoms with Crippen LogP contribution in [0.25, 0.3) is 16.9 Å². The van der Waals surface area contributed by atoms with Crippen LogP contribution in [0.1, 0.15) is 5.56 Å². The first-order chi connectivity index (χ1) is 13.2. The molecule has 0 spiro atoms. The van der Waals surface area contributed by atoms with Gasteiger partial charge in [-0.25, -0.2) is 4.68 Å². The van der Waals surface area contributed by atoms with E-state index in [4.69, 9.17) is 16.7 Å². The summed E-state index contributed by atoms with van der Waals surface area (Å²) in [5, 5.41) is 16.7. The first kappa shape index (κ1) is 17.5. The number of thioether (sulfide) groups is 1. The van der Waals surface area contributed by atoms with Crippen molar-refractivity contribution in [3.63, 3.8) is 0 Å². The smallest absolute Gasteiger partial charge is 0.236 e. The van der Waals surface area contributed by atoms with E-state index in [1.54, 1.807) is 10.9 Å². The van der Waals surface area contributed by atoms with Crippen LogP contribution in [0.2, 0.25) is 5.02 Å². The SMILES string of the molecule is O=C1CS/C(=N/N=C\c2cn(-c3ccccc3)nc2-c2ccc(Cl)cc2)N1. The van der Waals surface area contributed by atoms with Crippen molar-refractivity contribution in [1.29, 1.82) is 0 Å². The Hall–Kier alpha value is -2.90. The van der Waals surface area contributed by atoms with Crippen molar-refractivity contribution >= 4 is 40.7 Å². The van der Waals surface area contributed by atoms with Crippen LogP contribution in [0, 0.1) is 0 Å². The molecule has 0 unspecified atom stereocenters. The summed E-state index contributed by atoms with van der Waals surface area (Å²) in [7, 11) is 0. The summed E-state index contributed by atoms with van der Waals surface area (Å²) in [4.78, 5) is 11.2. The minimum absolute atomic E-state index is 0.0623. The molecule has 8 heteroatoms. The largest absolute Gasteiger partial charge is 0.303 e. The highest BCUT2D eigenvalue weighted by Crippen LogP contribution is 2.24. The lowest BCUT2D eigenvalue weighted by Gasteiger charge is -2.00. The van der Waals surface area contributed by atoms with Crippen molar-refractivity contribution in [3.8, 4) is 16.9 Å². The molecule has 134 valence electrons. The van der Waals surface area contributed by atoms with E-state index < -0.39 is 0 Å². The Bertz CT molecular complexity index is 1030. The van der Waals surface area contributed by atoms with Gasteiger partial charge in [0.05, 0.1) is 17.7 Å². The van der Waals surface area contributed by atoms with E-state index in [1.165, 1.54) is 11.8 Å². The number of halogens is 1. The number of aromatic nitrogens is 2. The van der Waals surface area contributed by atoms with E-state index in [0.717, 1.165) is 22.5 Å². The fraction of sp³-hybridized carbons (Fsp3) is 0.0526. The van der Waals surface area contributed by atoms with Crippen LogP contribution in [-0.4, -0.2) is 32.8 Å². The maximum atomic E-state index is 11.2. The predicted octanol–water partition coefficient (Wildman–Crippen LogP) is 3.75. The second-order valence-electron chi connectivity index (χ2n) is 5.71. The monoisotopic (exact) mass is 395 g/mol. The quantitative estimate of drug-likeness (QED) is 0.540. The van der Waals surface area contributed by atoms with Crippen LogP contribution in [0.5, 0.6) is 0 Å². The molecule has 4 rings (SSSR count). The molecule has 1 amide bonds. The molecular weight excluding hydrogens is 382 g/mol. The van der Waals surface area contributed by atoms with Crippen LogP contribution in [0.15, 0.2) is 71.0 Å². The van der Waals surface area contributed by atoms with Crippen molar-refractivity contribution in [2.45, 2.75) is 0 Å². The summed E-state index contributed by atoms with van der Waals surface area (Å²) in [5.74, 6) is 0.309. The maximum Gasteiger partial charge on any atom is 0.236 e. The average molecular weight is 396 g/mol. The molecule has 2 aromatic carbocycles. The lowest BCUT2D eigenvalue weighted by atomic mass is 10.1. The highest BCUT2D eigenvalue weighted by molar-refractivity contribution is 8.15. The Morgan fingerprint density at radius 3 is 2.63 bits per heavy atom. The van der Waals surface area contributed by atoms with E-state index in [-0.39, 0.29) is 5.91 Å². The van der Waals surface area contributed by atoms with Crippen LogP contribution in [-0.2, 0) is 4.79 Å². The average Bonchev–Trinajstić information content (AvgIpc) is 3.30. The minimum Gasteiger partial charge on any atom is -0.303 e. The number of hydrogen-bond donors (Lipinski definition) is 1. The molecule has 1 fully saturated rings. The Morgan fingerprint density at radius 1 is 1.15 bits per heavy atom. The molecule has 0 aliphatic carbocycles. The van der Waals surface area contributed by atoms with Gasteiger partial charge in [-0.15, -0.1) is 5.10 Å². The van der Waals surface area contributed by atoms with Crippen LogP contribution in [0.4, 0.5) is 0 Å². The molecule has 6 nitrogen and oxygen atoms in total. The summed E-state index contributed by atoms with van der Waals surface area (Å²) in [6.07, 6.45) is 3.53. The molecule has 1 aliphatic rings. The number of nitrogens with one attached hydrogen (secondary N) is 1. The van der Waals surface area contributed by atoms with E-state index in [1.807, 2.05) is 60.8 Å². The number of nitrogens with zero attached hydrogens (tertiary/aromatic N) is 4. The summed E-state index contributed by atoms with van der Waals surface area (Å²) in [6.45, 7) is 0. The van der Waals surface area contributed by atoms with E-state index in [9.17, 15) is 4.79 Å². The molecule has 1 saturated heterocycles. The van der Waals surface area contributed by atoms with Gasteiger partial charge in [0.1, 0.15) is 5.69 Å². The van der Waals surface area contributed by atoms with E-state index >= 15 is 0 Å². The normalized spacial score (nSPS) is 15.6. The van der Waals surface area contributed by atoms with Crippen molar-refractivity contribution in [2.75, 3.05) is 5.75 Å². The topological polar surface area (TPSA) is 71.6 Å². The number of amidine groups is 1. The van der Waals surface area contributed by atoms with Gasteiger partial charge in [-0.1, -0.05) is 53.7 Å². The minimum atomic E-state index is -0.0623. The summed E-state index contributed by atoms with van der Waals surface area (Å²) < 4.78 is 1.80. The predicted molar refractivity (Wildman–Crippen MR) is 110 cm³/mol. The van der Waals surface area contributed by atoms with Crippen molar-refractivity contribution in [2.24, 2.45) is 10.2 Å².